The summed E-state index contributed by atoms with van der Waals surface area (Å²) < 4.78 is 5.35. The molecular formula is C12H15NO2. The van der Waals surface area contributed by atoms with Crippen LogP contribution >= 0.6 is 0 Å². The average Bonchev–Trinajstić information content (AvgIpc) is 2.27. The Labute approximate surface area is 89.9 Å². The molecule has 3 nitrogen and oxygen atoms in total. The van der Waals surface area contributed by atoms with E-state index in [9.17, 15) is 0 Å². The normalized spacial score (nSPS) is 11.8. The molecule has 1 unspecified atom stereocenters. The van der Waals surface area contributed by atoms with Gasteiger partial charge < -0.3 is 9.84 Å². The Kier molecular flexibility index (Phi) is 4.65. The molecule has 0 aromatic heterocycles. The van der Waals surface area contributed by atoms with Gasteiger partial charge in [0.05, 0.1) is 18.6 Å². The molecule has 0 fully saturated rings. The second-order valence-electron chi connectivity index (χ2n) is 3.20. The van der Waals surface area contributed by atoms with Gasteiger partial charge in [0, 0.05) is 6.61 Å². The Morgan fingerprint density at radius 3 is 2.93 bits per heavy atom. The first-order valence-electron chi connectivity index (χ1n) is 5.05. The number of ether oxygens (including phenoxy) is 1. The summed E-state index contributed by atoms with van der Waals surface area (Å²) in [7, 11) is 0. The fourth-order valence-corrected chi connectivity index (χ4v) is 1.42. The van der Waals surface area contributed by atoms with Gasteiger partial charge in [0.15, 0.2) is 0 Å². The van der Waals surface area contributed by atoms with Crippen molar-refractivity contribution in [2.75, 3.05) is 13.2 Å². The van der Waals surface area contributed by atoms with Crippen molar-refractivity contribution in [2.24, 2.45) is 0 Å². The molecule has 1 aromatic carbocycles. The van der Waals surface area contributed by atoms with Gasteiger partial charge in [-0.05, 0) is 31.0 Å². The van der Waals surface area contributed by atoms with Crippen molar-refractivity contribution in [3.05, 3.63) is 29.8 Å². The third-order valence-electron chi connectivity index (χ3n) is 2.15. The van der Waals surface area contributed by atoms with E-state index in [2.05, 4.69) is 6.07 Å². The predicted molar refractivity (Wildman–Crippen MR) is 57.7 cm³/mol. The molecular weight excluding hydrogens is 190 g/mol. The molecule has 80 valence electrons. The number of aliphatic hydroxyl groups is 1. The van der Waals surface area contributed by atoms with E-state index in [-0.39, 0.29) is 12.5 Å². The van der Waals surface area contributed by atoms with Crippen LogP contribution < -0.4 is 4.74 Å². The van der Waals surface area contributed by atoms with Crippen LogP contribution in [0.4, 0.5) is 0 Å². The maximum Gasteiger partial charge on any atom is 0.119 e. The van der Waals surface area contributed by atoms with Gasteiger partial charge in [-0.2, -0.15) is 5.26 Å². The molecule has 1 rings (SSSR count). The highest BCUT2D eigenvalue weighted by Crippen LogP contribution is 2.22. The van der Waals surface area contributed by atoms with Gasteiger partial charge in [-0.1, -0.05) is 12.1 Å². The van der Waals surface area contributed by atoms with Crippen LogP contribution in [0.15, 0.2) is 24.3 Å². The molecule has 0 aliphatic heterocycles. The fraction of sp³-hybridized carbons (Fsp3) is 0.417. The third-order valence-corrected chi connectivity index (χ3v) is 2.15. The SMILES string of the molecule is CCOc1cccc(C(C#N)CCO)c1. The highest BCUT2D eigenvalue weighted by atomic mass is 16.5. The van der Waals surface area contributed by atoms with Crippen LogP contribution in [-0.2, 0) is 0 Å². The number of benzene rings is 1. The van der Waals surface area contributed by atoms with Crippen molar-refractivity contribution >= 4 is 0 Å². The molecule has 0 amide bonds. The number of hydrogen-bond acceptors (Lipinski definition) is 3. The Balaban J connectivity index is 2.83. The first kappa shape index (κ1) is 11.5. The molecule has 0 saturated carbocycles. The number of nitrogens with zero attached hydrogens (tertiary/aromatic N) is 1. The zero-order valence-corrected chi connectivity index (χ0v) is 8.81. The average molecular weight is 205 g/mol. The fourth-order valence-electron chi connectivity index (χ4n) is 1.42. The smallest absolute Gasteiger partial charge is 0.119 e. The van der Waals surface area contributed by atoms with E-state index in [4.69, 9.17) is 15.1 Å². The van der Waals surface area contributed by atoms with Crippen molar-refractivity contribution < 1.29 is 9.84 Å². The summed E-state index contributed by atoms with van der Waals surface area (Å²) in [6, 6.07) is 9.63. The summed E-state index contributed by atoms with van der Waals surface area (Å²) in [5, 5.41) is 17.7. The number of rotatable bonds is 5. The van der Waals surface area contributed by atoms with Crippen molar-refractivity contribution in [1.29, 1.82) is 5.26 Å². The zero-order valence-electron chi connectivity index (χ0n) is 8.81. The standard InChI is InChI=1S/C12H15NO2/c1-2-15-12-5-3-4-10(8-12)11(9-13)6-7-14/h3-5,8,11,14H,2,6-7H2,1H3. The van der Waals surface area contributed by atoms with Gasteiger partial charge in [0.25, 0.3) is 0 Å². The molecule has 0 aliphatic carbocycles. The van der Waals surface area contributed by atoms with E-state index in [0.29, 0.717) is 13.0 Å². The first-order chi connectivity index (χ1) is 7.31. The molecule has 1 atom stereocenters. The van der Waals surface area contributed by atoms with Crippen LogP contribution in [0.25, 0.3) is 0 Å². The molecule has 0 radical (unpaired) electrons. The van der Waals surface area contributed by atoms with Gasteiger partial charge in [-0.3, -0.25) is 0 Å². The van der Waals surface area contributed by atoms with Crippen molar-refractivity contribution in [1.82, 2.24) is 0 Å². The minimum atomic E-state index is -0.254. The Morgan fingerprint density at radius 1 is 1.53 bits per heavy atom. The van der Waals surface area contributed by atoms with Crippen molar-refractivity contribution in [3.8, 4) is 11.8 Å². The molecule has 1 aromatic rings. The summed E-state index contributed by atoms with van der Waals surface area (Å²) in [6.07, 6.45) is 0.464. The van der Waals surface area contributed by atoms with Crippen LogP contribution in [0.5, 0.6) is 5.75 Å². The molecule has 15 heavy (non-hydrogen) atoms. The maximum absolute atomic E-state index is 8.93. The van der Waals surface area contributed by atoms with E-state index >= 15 is 0 Å². The Hall–Kier alpha value is -1.53. The first-order valence-corrected chi connectivity index (χ1v) is 5.05. The van der Waals surface area contributed by atoms with Crippen LogP contribution in [0.3, 0.4) is 0 Å². The Morgan fingerprint density at radius 2 is 2.33 bits per heavy atom. The molecule has 0 aliphatic rings. The molecule has 0 spiro atoms. The minimum absolute atomic E-state index is 0.0249. The highest BCUT2D eigenvalue weighted by Gasteiger charge is 2.10. The number of nitriles is 1. The van der Waals surface area contributed by atoms with Crippen LogP contribution in [-0.4, -0.2) is 18.3 Å². The lowest BCUT2D eigenvalue weighted by molar-refractivity contribution is 0.283. The molecule has 0 saturated heterocycles. The molecule has 3 heteroatoms. The number of hydrogen-bond donors (Lipinski definition) is 1. The number of aliphatic hydroxyl groups excluding tert-OH is 1. The largest absolute Gasteiger partial charge is 0.494 e. The van der Waals surface area contributed by atoms with E-state index in [1.807, 2.05) is 31.2 Å². The lowest BCUT2D eigenvalue weighted by Gasteiger charge is -2.09. The summed E-state index contributed by atoms with van der Waals surface area (Å²) in [6.45, 7) is 2.56. The second-order valence-corrected chi connectivity index (χ2v) is 3.20. The van der Waals surface area contributed by atoms with Crippen LogP contribution in [0, 0.1) is 11.3 Å². The lowest BCUT2D eigenvalue weighted by atomic mass is 9.97. The van der Waals surface area contributed by atoms with Crippen LogP contribution in [0.2, 0.25) is 0 Å². The second kappa shape index (κ2) is 6.05. The van der Waals surface area contributed by atoms with E-state index in [0.717, 1.165) is 11.3 Å². The van der Waals surface area contributed by atoms with E-state index in [1.54, 1.807) is 0 Å². The van der Waals surface area contributed by atoms with Gasteiger partial charge in [-0.15, -0.1) is 0 Å². The Bertz CT molecular complexity index is 344. The minimum Gasteiger partial charge on any atom is -0.494 e. The summed E-state index contributed by atoms with van der Waals surface area (Å²) in [5.41, 5.74) is 0.900. The van der Waals surface area contributed by atoms with Gasteiger partial charge >= 0.3 is 0 Å². The topological polar surface area (TPSA) is 53.2 Å². The summed E-state index contributed by atoms with van der Waals surface area (Å²) >= 11 is 0. The molecule has 1 N–H and O–H groups in total. The van der Waals surface area contributed by atoms with Gasteiger partial charge in [-0.25, -0.2) is 0 Å². The molecule has 0 heterocycles. The zero-order chi connectivity index (χ0) is 11.1. The lowest BCUT2D eigenvalue weighted by Crippen LogP contribution is -2.00. The predicted octanol–water partition coefficient (Wildman–Crippen LogP) is 2.07. The van der Waals surface area contributed by atoms with Crippen molar-refractivity contribution in [2.45, 2.75) is 19.3 Å². The van der Waals surface area contributed by atoms with Gasteiger partial charge in [0.1, 0.15) is 5.75 Å². The molecule has 0 bridgehead atoms. The summed E-state index contributed by atoms with van der Waals surface area (Å²) in [5.74, 6) is 0.517. The van der Waals surface area contributed by atoms with Crippen molar-refractivity contribution in [3.63, 3.8) is 0 Å². The van der Waals surface area contributed by atoms with E-state index in [1.165, 1.54) is 0 Å². The summed E-state index contributed by atoms with van der Waals surface area (Å²) in [4.78, 5) is 0. The van der Waals surface area contributed by atoms with Crippen LogP contribution in [0.1, 0.15) is 24.8 Å². The quantitative estimate of drug-likeness (QED) is 0.800. The maximum atomic E-state index is 8.93. The third kappa shape index (κ3) is 3.26. The monoisotopic (exact) mass is 205 g/mol. The van der Waals surface area contributed by atoms with E-state index < -0.39 is 0 Å². The van der Waals surface area contributed by atoms with Gasteiger partial charge in [0.2, 0.25) is 0 Å². The highest BCUT2D eigenvalue weighted by molar-refractivity contribution is 5.33.